The van der Waals surface area contributed by atoms with E-state index in [9.17, 15) is 14.4 Å². The third-order valence-electron chi connectivity index (χ3n) is 10.8. The van der Waals surface area contributed by atoms with E-state index in [1.54, 1.807) is 16.8 Å². The Bertz CT molecular complexity index is 2570. The fourth-order valence-electron chi connectivity index (χ4n) is 7.63. The van der Waals surface area contributed by atoms with Crippen molar-refractivity contribution in [2.45, 2.75) is 50.7 Å². The van der Waals surface area contributed by atoms with Gasteiger partial charge in [-0.25, -0.2) is 24.4 Å². The van der Waals surface area contributed by atoms with Crippen molar-refractivity contribution in [2.75, 3.05) is 67.4 Å². The van der Waals surface area contributed by atoms with Crippen LogP contribution in [-0.4, -0.2) is 96.9 Å². The lowest BCUT2D eigenvalue weighted by atomic mass is 10.1. The van der Waals surface area contributed by atoms with Gasteiger partial charge < -0.3 is 30.0 Å². The molecule has 0 atom stereocenters. The van der Waals surface area contributed by atoms with Gasteiger partial charge >= 0.3 is 18.2 Å². The van der Waals surface area contributed by atoms with E-state index in [4.69, 9.17) is 24.7 Å². The van der Waals surface area contributed by atoms with Gasteiger partial charge in [-0.15, -0.1) is 0 Å². The van der Waals surface area contributed by atoms with Crippen molar-refractivity contribution in [2.24, 2.45) is 0 Å². The zero-order valence-corrected chi connectivity index (χ0v) is 34.5. The number of carbonyl (C=O) groups is 3. The largest absolute Gasteiger partial charge is 0.446 e. The van der Waals surface area contributed by atoms with Crippen molar-refractivity contribution in [1.82, 2.24) is 25.3 Å². The summed E-state index contributed by atoms with van der Waals surface area (Å²) in [5.74, 6) is 0. The number of hydrogen-bond donors (Lipinski definition) is 3. The molecule has 4 amide bonds. The Hall–Kier alpha value is -5.95. The Labute approximate surface area is 353 Å². The topological polar surface area (TPSA) is 196 Å². The Morgan fingerprint density at radius 3 is 1.72 bits per heavy atom. The monoisotopic (exact) mass is 849 g/mol. The average molecular weight is 850 g/mol. The lowest BCUT2D eigenvalue weighted by Gasteiger charge is -2.25. The van der Waals surface area contributed by atoms with Crippen LogP contribution in [0, 0.1) is 0 Å². The molecule has 18 heteroatoms. The van der Waals surface area contributed by atoms with Crippen molar-refractivity contribution in [3.8, 4) is 22.3 Å². The number of nitrogens with zero attached hydrogens (tertiary/aromatic N) is 6. The Morgan fingerprint density at radius 2 is 1.20 bits per heavy atom. The van der Waals surface area contributed by atoms with Gasteiger partial charge in [0.25, 0.3) is 0 Å². The van der Waals surface area contributed by atoms with Crippen molar-refractivity contribution < 1.29 is 33.3 Å². The summed E-state index contributed by atoms with van der Waals surface area (Å²) >= 11 is 2.86. The highest BCUT2D eigenvalue weighted by atomic mass is 32.1. The number of carbonyl (C=O) groups excluding carboxylic acids is 3. The summed E-state index contributed by atoms with van der Waals surface area (Å²) in [5.41, 5.74) is 14.8. The minimum atomic E-state index is -0.322. The molecule has 2 saturated heterocycles. The number of amides is 4. The normalized spacial score (nSPS) is 16.6. The van der Waals surface area contributed by atoms with E-state index >= 15 is 0 Å². The minimum absolute atomic E-state index is 0.0689. The number of fused-ring (bicyclic) bond motifs is 4. The van der Waals surface area contributed by atoms with Crippen LogP contribution < -0.4 is 26.2 Å². The number of benzene rings is 2. The smallest absolute Gasteiger partial charge is 0.414 e. The maximum atomic E-state index is 12.8. The van der Waals surface area contributed by atoms with Crippen LogP contribution in [0.4, 0.5) is 36.0 Å². The van der Waals surface area contributed by atoms with Gasteiger partial charge in [-0.1, -0.05) is 34.8 Å². The summed E-state index contributed by atoms with van der Waals surface area (Å²) in [7, 11) is 1.56. The van der Waals surface area contributed by atoms with Crippen LogP contribution in [0.5, 0.6) is 0 Å². The van der Waals surface area contributed by atoms with Gasteiger partial charge in [0, 0.05) is 82.2 Å². The molecule has 16 nitrogen and oxygen atoms in total. The van der Waals surface area contributed by atoms with Crippen molar-refractivity contribution in [3.63, 3.8) is 0 Å². The number of anilines is 4. The molecule has 0 spiro atoms. The molecule has 310 valence electrons. The predicted octanol–water partition coefficient (Wildman–Crippen LogP) is 7.41. The third kappa shape index (κ3) is 8.54. The van der Waals surface area contributed by atoms with Gasteiger partial charge in [-0.2, -0.15) is 0 Å². The number of pyridine rings is 2. The molecule has 6 aromatic rings. The summed E-state index contributed by atoms with van der Waals surface area (Å²) in [6.07, 6.45) is 7.33. The third-order valence-corrected chi connectivity index (χ3v) is 12.6. The fraction of sp³-hybridized carbons (Fsp3) is 0.357. The molecule has 0 aliphatic carbocycles. The molecule has 4 N–H and O–H groups in total. The molecule has 10 rings (SSSR count). The molecule has 4 aromatic heterocycles. The van der Waals surface area contributed by atoms with E-state index in [2.05, 4.69) is 36.6 Å². The number of hydrogen-bond acceptors (Lipinski definition) is 14. The van der Waals surface area contributed by atoms with E-state index < -0.39 is 0 Å². The Balaban J connectivity index is 0.000000155. The van der Waals surface area contributed by atoms with Gasteiger partial charge in [0.1, 0.15) is 12.2 Å². The van der Waals surface area contributed by atoms with Gasteiger partial charge in [0.2, 0.25) is 0 Å². The van der Waals surface area contributed by atoms with Gasteiger partial charge in [0.05, 0.1) is 69.6 Å². The lowest BCUT2D eigenvalue weighted by molar-refractivity contribution is 0.00340. The van der Waals surface area contributed by atoms with Crippen molar-refractivity contribution >= 4 is 83.0 Å². The van der Waals surface area contributed by atoms with E-state index in [0.29, 0.717) is 56.2 Å². The number of ether oxygens (including phenoxy) is 4. The van der Waals surface area contributed by atoms with E-state index in [0.717, 1.165) is 97.6 Å². The first-order valence-corrected chi connectivity index (χ1v) is 21.6. The van der Waals surface area contributed by atoms with Gasteiger partial charge in [-0.3, -0.25) is 25.1 Å². The standard InChI is InChI=1S/C22H23N5O4S.C20H20N4O3S/c1-23-20(28)26-21-25-17-3-2-13(11-19(17)32-21)14-10-18-16(24-12-14)4-7-27(18)22(29)31-15-5-8-30-9-6-15;21-19-23-16-2-1-12(10-18(16)28-19)13-9-17-15(22-11-13)3-6-24(17)20(25)27-14-4-7-26-8-5-14/h2-3,10-12,15H,4-9H2,1H3,(H2,23,25,26,28);1-2,9-11,14H,3-8H2,(H2,21,23). The number of urea groups is 1. The molecular weight excluding hydrogens is 807 g/mol. The molecule has 0 saturated carbocycles. The molecule has 8 heterocycles. The first-order valence-electron chi connectivity index (χ1n) is 19.9. The maximum Gasteiger partial charge on any atom is 0.414 e. The molecule has 0 radical (unpaired) electrons. The summed E-state index contributed by atoms with van der Waals surface area (Å²) in [6.45, 7) is 3.70. The number of aromatic nitrogens is 4. The Kier molecular flexibility index (Phi) is 11.4. The number of rotatable bonds is 5. The highest BCUT2D eigenvalue weighted by Gasteiger charge is 2.31. The van der Waals surface area contributed by atoms with Crippen molar-refractivity contribution in [1.29, 1.82) is 0 Å². The highest BCUT2D eigenvalue weighted by molar-refractivity contribution is 7.22. The number of nitrogen functional groups attached to an aromatic ring is 1. The summed E-state index contributed by atoms with van der Waals surface area (Å²) in [5, 5.41) is 6.31. The zero-order valence-electron chi connectivity index (χ0n) is 32.8. The second-order valence-corrected chi connectivity index (χ2v) is 16.8. The van der Waals surface area contributed by atoms with E-state index in [1.165, 1.54) is 22.7 Å². The van der Waals surface area contributed by atoms with Crippen LogP contribution in [-0.2, 0) is 31.8 Å². The molecule has 4 aliphatic heterocycles. The van der Waals surface area contributed by atoms with Crippen LogP contribution in [0.25, 0.3) is 42.7 Å². The fourth-order valence-corrected chi connectivity index (χ4v) is 9.30. The second-order valence-electron chi connectivity index (χ2n) is 14.7. The maximum absolute atomic E-state index is 12.8. The zero-order chi connectivity index (χ0) is 41.2. The Morgan fingerprint density at radius 1 is 0.700 bits per heavy atom. The number of thiazole rings is 2. The summed E-state index contributed by atoms with van der Waals surface area (Å²) < 4.78 is 24.1. The van der Waals surface area contributed by atoms with Crippen molar-refractivity contribution in [3.05, 3.63) is 72.3 Å². The lowest BCUT2D eigenvalue weighted by Crippen LogP contribution is -2.35. The van der Waals surface area contributed by atoms with Gasteiger partial charge in [-0.05, 0) is 47.5 Å². The van der Waals surface area contributed by atoms with Crippen LogP contribution in [0.2, 0.25) is 0 Å². The van der Waals surface area contributed by atoms with E-state index in [1.807, 2.05) is 54.9 Å². The van der Waals surface area contributed by atoms with Gasteiger partial charge in [0.15, 0.2) is 10.3 Å². The van der Waals surface area contributed by atoms with Crippen LogP contribution in [0.3, 0.4) is 0 Å². The average Bonchev–Trinajstić information content (AvgIpc) is 4.07. The molecule has 2 aromatic carbocycles. The van der Waals surface area contributed by atoms with E-state index in [-0.39, 0.29) is 30.4 Å². The minimum Gasteiger partial charge on any atom is -0.446 e. The molecule has 2 fully saturated rings. The number of nitrogens with one attached hydrogen (secondary N) is 2. The first kappa shape index (κ1) is 39.5. The predicted molar refractivity (Wildman–Crippen MR) is 231 cm³/mol. The van der Waals surface area contributed by atoms with Crippen LogP contribution >= 0.6 is 22.7 Å². The highest BCUT2D eigenvalue weighted by Crippen LogP contribution is 2.36. The van der Waals surface area contributed by atoms with Crippen LogP contribution in [0.15, 0.2) is 60.9 Å². The molecular formula is C42H43N9O7S2. The molecule has 0 bridgehead atoms. The second kappa shape index (κ2) is 17.3. The molecule has 0 unspecified atom stereocenters. The summed E-state index contributed by atoms with van der Waals surface area (Å²) in [4.78, 5) is 58.4. The SMILES string of the molecule is CNC(=O)Nc1nc2ccc(-c3cnc4c(c3)N(C(=O)OC3CCOCC3)CC4)cc2s1.Nc1nc2ccc(-c3cnc4c(c3)N(C(=O)OC3CCOCC3)CC4)cc2s1. The first-order chi connectivity index (χ1) is 29.3. The quantitative estimate of drug-likeness (QED) is 0.156. The molecule has 4 aliphatic rings. The summed E-state index contributed by atoms with van der Waals surface area (Å²) in [6, 6.07) is 15.6. The molecule has 60 heavy (non-hydrogen) atoms. The number of nitrogens with two attached hydrogens (primary N) is 1. The van der Waals surface area contributed by atoms with Crippen LogP contribution in [0.1, 0.15) is 37.1 Å².